The van der Waals surface area contributed by atoms with Crippen LogP contribution in [0.1, 0.15) is 18.4 Å². The fourth-order valence-electron chi connectivity index (χ4n) is 1.50. The van der Waals surface area contributed by atoms with Gasteiger partial charge in [-0.1, -0.05) is 0 Å². The first kappa shape index (κ1) is 18.5. The Hall–Kier alpha value is -1.54. The van der Waals surface area contributed by atoms with Crippen LogP contribution in [-0.4, -0.2) is 18.0 Å². The number of nitro groups is 1. The Kier molecular flexibility index (Phi) is 7.30. The van der Waals surface area contributed by atoms with E-state index in [0.29, 0.717) is 25.6 Å². The molecule has 0 aliphatic carbocycles. The molecule has 114 valence electrons. The standard InChI is InChI=1S/C11H14F3N3O2.ClH/c12-11(13,14)8-3-4-9(10(7-8)17(18)19)16-6-2-1-5-15;/h3-4,7,16H,1-2,5-6,15H2;1H. The molecule has 0 amide bonds. The molecular formula is C11H15ClF3N3O2. The first-order valence-corrected chi connectivity index (χ1v) is 5.66. The van der Waals surface area contributed by atoms with E-state index < -0.39 is 22.4 Å². The maximum absolute atomic E-state index is 12.5. The molecule has 3 N–H and O–H groups in total. The maximum Gasteiger partial charge on any atom is 0.416 e. The third-order valence-electron chi connectivity index (χ3n) is 2.47. The van der Waals surface area contributed by atoms with Gasteiger partial charge in [0.1, 0.15) is 5.69 Å². The zero-order valence-corrected chi connectivity index (χ0v) is 11.3. The number of benzene rings is 1. The predicted octanol–water partition coefficient (Wildman–Crippen LogP) is 3.19. The Morgan fingerprint density at radius 2 is 1.95 bits per heavy atom. The van der Waals surface area contributed by atoms with Crippen LogP contribution in [0, 0.1) is 10.1 Å². The van der Waals surface area contributed by atoms with Crippen molar-refractivity contribution in [1.29, 1.82) is 0 Å². The number of rotatable bonds is 6. The van der Waals surface area contributed by atoms with Crippen molar-refractivity contribution in [1.82, 2.24) is 0 Å². The second-order valence-electron chi connectivity index (χ2n) is 3.91. The molecule has 1 aromatic rings. The number of unbranched alkanes of at least 4 members (excludes halogenated alkanes) is 1. The fourth-order valence-corrected chi connectivity index (χ4v) is 1.50. The summed E-state index contributed by atoms with van der Waals surface area (Å²) in [6.07, 6.45) is -3.17. The number of halogens is 4. The molecule has 0 bridgehead atoms. The summed E-state index contributed by atoms with van der Waals surface area (Å²) in [6, 6.07) is 2.42. The van der Waals surface area contributed by atoms with Crippen LogP contribution < -0.4 is 11.1 Å². The lowest BCUT2D eigenvalue weighted by molar-refractivity contribution is -0.384. The predicted molar refractivity (Wildman–Crippen MR) is 72.1 cm³/mol. The van der Waals surface area contributed by atoms with Crippen molar-refractivity contribution in [2.45, 2.75) is 19.0 Å². The van der Waals surface area contributed by atoms with Gasteiger partial charge in [0.15, 0.2) is 0 Å². The highest BCUT2D eigenvalue weighted by atomic mass is 35.5. The fraction of sp³-hybridized carbons (Fsp3) is 0.455. The number of anilines is 1. The third kappa shape index (κ3) is 5.22. The number of nitro benzene ring substituents is 1. The van der Waals surface area contributed by atoms with Gasteiger partial charge in [0.25, 0.3) is 5.69 Å². The van der Waals surface area contributed by atoms with Gasteiger partial charge in [-0.05, 0) is 31.5 Å². The van der Waals surface area contributed by atoms with Crippen molar-refractivity contribution >= 4 is 23.8 Å². The first-order valence-electron chi connectivity index (χ1n) is 5.66. The molecule has 0 radical (unpaired) electrons. The van der Waals surface area contributed by atoms with Crippen molar-refractivity contribution < 1.29 is 18.1 Å². The Morgan fingerprint density at radius 1 is 1.30 bits per heavy atom. The van der Waals surface area contributed by atoms with E-state index in [4.69, 9.17) is 5.73 Å². The number of nitrogens with one attached hydrogen (secondary N) is 1. The normalized spacial score (nSPS) is 10.8. The van der Waals surface area contributed by atoms with Crippen LogP contribution in [0.3, 0.4) is 0 Å². The van der Waals surface area contributed by atoms with Crippen LogP contribution in [0.4, 0.5) is 24.5 Å². The highest BCUT2D eigenvalue weighted by molar-refractivity contribution is 5.85. The largest absolute Gasteiger partial charge is 0.416 e. The quantitative estimate of drug-likeness (QED) is 0.480. The minimum atomic E-state index is -4.59. The highest BCUT2D eigenvalue weighted by Crippen LogP contribution is 2.34. The van der Waals surface area contributed by atoms with Crippen molar-refractivity contribution in [2.75, 3.05) is 18.4 Å². The lowest BCUT2D eigenvalue weighted by Crippen LogP contribution is -2.09. The van der Waals surface area contributed by atoms with E-state index in [2.05, 4.69) is 5.32 Å². The van der Waals surface area contributed by atoms with Gasteiger partial charge in [-0.25, -0.2) is 0 Å². The highest BCUT2D eigenvalue weighted by Gasteiger charge is 2.32. The van der Waals surface area contributed by atoms with Crippen molar-refractivity contribution in [3.05, 3.63) is 33.9 Å². The van der Waals surface area contributed by atoms with Gasteiger partial charge in [-0.3, -0.25) is 10.1 Å². The Morgan fingerprint density at radius 3 is 2.45 bits per heavy atom. The molecule has 0 saturated heterocycles. The van der Waals surface area contributed by atoms with Gasteiger partial charge in [-0.15, -0.1) is 12.4 Å². The zero-order valence-electron chi connectivity index (χ0n) is 10.4. The molecule has 1 aromatic carbocycles. The molecule has 0 aliphatic rings. The summed E-state index contributed by atoms with van der Waals surface area (Å²) >= 11 is 0. The summed E-state index contributed by atoms with van der Waals surface area (Å²) in [5.74, 6) is 0. The summed E-state index contributed by atoms with van der Waals surface area (Å²) in [4.78, 5) is 9.94. The number of alkyl halides is 3. The van der Waals surface area contributed by atoms with E-state index >= 15 is 0 Å². The molecule has 0 spiro atoms. The summed E-state index contributed by atoms with van der Waals surface area (Å²) < 4.78 is 37.4. The van der Waals surface area contributed by atoms with E-state index in [1.807, 2.05) is 0 Å². The number of nitrogens with zero attached hydrogens (tertiary/aromatic N) is 1. The first-order chi connectivity index (χ1) is 8.86. The molecule has 9 heteroatoms. The van der Waals surface area contributed by atoms with Crippen LogP contribution >= 0.6 is 12.4 Å². The molecule has 20 heavy (non-hydrogen) atoms. The average Bonchev–Trinajstić information content (AvgIpc) is 2.33. The van der Waals surface area contributed by atoms with Gasteiger partial charge in [-0.2, -0.15) is 13.2 Å². The molecule has 0 aromatic heterocycles. The molecule has 0 heterocycles. The topological polar surface area (TPSA) is 81.2 Å². The summed E-state index contributed by atoms with van der Waals surface area (Å²) in [5, 5.41) is 13.5. The van der Waals surface area contributed by atoms with E-state index in [1.165, 1.54) is 0 Å². The van der Waals surface area contributed by atoms with Crippen molar-refractivity contribution in [2.24, 2.45) is 5.73 Å². The molecule has 0 unspecified atom stereocenters. The van der Waals surface area contributed by atoms with E-state index in [1.54, 1.807) is 0 Å². The van der Waals surface area contributed by atoms with Gasteiger partial charge < -0.3 is 11.1 Å². The summed E-state index contributed by atoms with van der Waals surface area (Å²) in [6.45, 7) is 0.917. The van der Waals surface area contributed by atoms with Crippen LogP contribution in [0.15, 0.2) is 18.2 Å². The van der Waals surface area contributed by atoms with Crippen LogP contribution in [0.25, 0.3) is 0 Å². The van der Waals surface area contributed by atoms with Crippen LogP contribution in [0.2, 0.25) is 0 Å². The summed E-state index contributed by atoms with van der Waals surface area (Å²) in [7, 11) is 0. The van der Waals surface area contributed by atoms with Gasteiger partial charge in [0.2, 0.25) is 0 Å². The molecule has 0 aliphatic heterocycles. The Balaban J connectivity index is 0.00000361. The van der Waals surface area contributed by atoms with E-state index in [-0.39, 0.29) is 18.1 Å². The zero-order chi connectivity index (χ0) is 14.5. The second-order valence-corrected chi connectivity index (χ2v) is 3.91. The van der Waals surface area contributed by atoms with E-state index in [0.717, 1.165) is 18.6 Å². The number of nitrogens with two attached hydrogens (primary N) is 1. The molecule has 1 rings (SSSR count). The van der Waals surface area contributed by atoms with Crippen LogP contribution in [-0.2, 0) is 6.18 Å². The molecule has 0 atom stereocenters. The smallest absolute Gasteiger partial charge is 0.379 e. The van der Waals surface area contributed by atoms with Gasteiger partial charge in [0.05, 0.1) is 10.5 Å². The Labute approximate surface area is 119 Å². The maximum atomic E-state index is 12.5. The van der Waals surface area contributed by atoms with E-state index in [9.17, 15) is 23.3 Å². The lowest BCUT2D eigenvalue weighted by Gasteiger charge is -2.10. The third-order valence-corrected chi connectivity index (χ3v) is 2.47. The summed E-state index contributed by atoms with van der Waals surface area (Å²) in [5.41, 5.74) is 3.76. The lowest BCUT2D eigenvalue weighted by atomic mass is 10.1. The van der Waals surface area contributed by atoms with Gasteiger partial charge in [0, 0.05) is 12.6 Å². The monoisotopic (exact) mass is 313 g/mol. The minimum absolute atomic E-state index is 0. The number of hydrogen-bond acceptors (Lipinski definition) is 4. The molecule has 0 fully saturated rings. The SMILES string of the molecule is Cl.NCCCCNc1ccc(C(F)(F)F)cc1[N+](=O)[O-]. The Bertz CT molecular complexity index is 455. The van der Waals surface area contributed by atoms with Crippen molar-refractivity contribution in [3.63, 3.8) is 0 Å². The second kappa shape index (κ2) is 7.91. The molecule has 0 saturated carbocycles. The molecule has 5 nitrogen and oxygen atoms in total. The van der Waals surface area contributed by atoms with Crippen molar-refractivity contribution in [3.8, 4) is 0 Å². The minimum Gasteiger partial charge on any atom is -0.379 e. The van der Waals surface area contributed by atoms with Gasteiger partial charge >= 0.3 is 6.18 Å². The average molecular weight is 314 g/mol. The van der Waals surface area contributed by atoms with Crippen LogP contribution in [0.5, 0.6) is 0 Å². The molecular weight excluding hydrogens is 299 g/mol. The number of hydrogen-bond donors (Lipinski definition) is 2.